The smallest absolute Gasteiger partial charge is 0.268 e. The standard InChI is InChI=1S/C7H7F3N2/c8-4-2-1-3-5(12-11)6(4)7(9)10/h1-3,7,12H,11H2. The Morgan fingerprint density at radius 2 is 2.00 bits per heavy atom. The molecule has 3 N–H and O–H groups in total. The minimum absolute atomic E-state index is 0.0926. The lowest BCUT2D eigenvalue weighted by atomic mass is 10.2. The van der Waals surface area contributed by atoms with Crippen LogP contribution in [0.3, 0.4) is 0 Å². The number of hydrogen-bond donors (Lipinski definition) is 2. The van der Waals surface area contributed by atoms with Crippen LogP contribution >= 0.6 is 0 Å². The molecule has 0 amide bonds. The van der Waals surface area contributed by atoms with E-state index in [0.717, 1.165) is 6.07 Å². The van der Waals surface area contributed by atoms with Gasteiger partial charge in [0, 0.05) is 0 Å². The van der Waals surface area contributed by atoms with Crippen LogP contribution in [-0.2, 0) is 0 Å². The van der Waals surface area contributed by atoms with E-state index in [2.05, 4.69) is 0 Å². The molecular formula is C7H7F3N2. The Balaban J connectivity index is 3.20. The summed E-state index contributed by atoms with van der Waals surface area (Å²) in [5, 5.41) is 0. The van der Waals surface area contributed by atoms with Crippen molar-refractivity contribution in [1.29, 1.82) is 0 Å². The third kappa shape index (κ3) is 1.50. The number of hydrogen-bond acceptors (Lipinski definition) is 2. The van der Waals surface area contributed by atoms with Gasteiger partial charge in [-0.3, -0.25) is 5.84 Å². The first-order valence-corrected chi connectivity index (χ1v) is 3.20. The highest BCUT2D eigenvalue weighted by atomic mass is 19.3. The molecule has 5 heteroatoms. The highest BCUT2D eigenvalue weighted by molar-refractivity contribution is 5.51. The maximum Gasteiger partial charge on any atom is 0.268 e. The molecular weight excluding hydrogens is 169 g/mol. The van der Waals surface area contributed by atoms with E-state index in [1.165, 1.54) is 12.1 Å². The molecule has 66 valence electrons. The van der Waals surface area contributed by atoms with Crippen LogP contribution in [0.25, 0.3) is 0 Å². The van der Waals surface area contributed by atoms with Crippen LogP contribution in [0.4, 0.5) is 18.9 Å². The van der Waals surface area contributed by atoms with Gasteiger partial charge in [0.15, 0.2) is 0 Å². The van der Waals surface area contributed by atoms with Crippen LogP contribution in [0.5, 0.6) is 0 Å². The second kappa shape index (κ2) is 3.44. The van der Waals surface area contributed by atoms with Crippen LogP contribution < -0.4 is 11.3 Å². The maximum atomic E-state index is 12.7. The number of halogens is 3. The van der Waals surface area contributed by atoms with Gasteiger partial charge >= 0.3 is 0 Å². The minimum atomic E-state index is -2.86. The average molecular weight is 176 g/mol. The topological polar surface area (TPSA) is 38.0 Å². The summed E-state index contributed by atoms with van der Waals surface area (Å²) in [7, 11) is 0. The molecule has 0 aromatic heterocycles. The lowest BCUT2D eigenvalue weighted by molar-refractivity contribution is 0.147. The molecule has 0 saturated carbocycles. The van der Waals surface area contributed by atoms with Crippen LogP contribution in [0.2, 0.25) is 0 Å². The van der Waals surface area contributed by atoms with E-state index in [0.29, 0.717) is 0 Å². The van der Waals surface area contributed by atoms with E-state index in [9.17, 15) is 13.2 Å². The fourth-order valence-corrected chi connectivity index (χ4v) is 0.885. The Labute approximate surface area is 67.2 Å². The van der Waals surface area contributed by atoms with Crippen LogP contribution in [0.1, 0.15) is 12.0 Å². The number of alkyl halides is 2. The highest BCUT2D eigenvalue weighted by Gasteiger charge is 2.16. The number of benzene rings is 1. The molecule has 0 unspecified atom stereocenters. The SMILES string of the molecule is NNc1cccc(F)c1C(F)F. The minimum Gasteiger partial charge on any atom is -0.324 e. The largest absolute Gasteiger partial charge is 0.324 e. The van der Waals surface area contributed by atoms with Crippen molar-refractivity contribution >= 4 is 5.69 Å². The van der Waals surface area contributed by atoms with Gasteiger partial charge in [0.05, 0.1) is 11.3 Å². The average Bonchev–Trinajstić information content (AvgIpc) is 2.03. The van der Waals surface area contributed by atoms with E-state index in [1.807, 2.05) is 5.43 Å². The molecule has 2 nitrogen and oxygen atoms in total. The third-order valence-corrected chi connectivity index (χ3v) is 1.43. The van der Waals surface area contributed by atoms with Crippen LogP contribution in [-0.4, -0.2) is 0 Å². The van der Waals surface area contributed by atoms with Gasteiger partial charge in [0.25, 0.3) is 6.43 Å². The van der Waals surface area contributed by atoms with E-state index < -0.39 is 17.8 Å². The van der Waals surface area contributed by atoms with Crippen molar-refractivity contribution in [1.82, 2.24) is 0 Å². The van der Waals surface area contributed by atoms with Gasteiger partial charge in [0.1, 0.15) is 5.82 Å². The number of anilines is 1. The first-order valence-electron chi connectivity index (χ1n) is 3.20. The summed E-state index contributed by atoms with van der Waals surface area (Å²) in [6.45, 7) is 0. The van der Waals surface area contributed by atoms with Gasteiger partial charge in [-0.25, -0.2) is 13.2 Å². The zero-order chi connectivity index (χ0) is 9.14. The number of nitrogen functional groups attached to an aromatic ring is 1. The summed E-state index contributed by atoms with van der Waals surface area (Å²) < 4.78 is 37.0. The first kappa shape index (κ1) is 8.86. The van der Waals surface area contributed by atoms with Gasteiger partial charge in [-0.2, -0.15) is 0 Å². The van der Waals surface area contributed by atoms with E-state index >= 15 is 0 Å². The highest BCUT2D eigenvalue weighted by Crippen LogP contribution is 2.28. The molecule has 0 fully saturated rings. The van der Waals surface area contributed by atoms with Crippen molar-refractivity contribution in [2.24, 2.45) is 5.84 Å². The van der Waals surface area contributed by atoms with Gasteiger partial charge in [-0.1, -0.05) is 6.07 Å². The molecule has 12 heavy (non-hydrogen) atoms. The predicted molar refractivity (Wildman–Crippen MR) is 39.2 cm³/mol. The first-order chi connectivity index (χ1) is 5.66. The van der Waals surface area contributed by atoms with Crippen LogP contribution in [0.15, 0.2) is 18.2 Å². The molecule has 0 aliphatic heterocycles. The number of hydrazine groups is 1. The van der Waals surface area contributed by atoms with Gasteiger partial charge in [0.2, 0.25) is 0 Å². The monoisotopic (exact) mass is 176 g/mol. The molecule has 0 aliphatic rings. The van der Waals surface area contributed by atoms with Crippen molar-refractivity contribution in [2.45, 2.75) is 6.43 Å². The molecule has 0 saturated heterocycles. The number of nitrogens with two attached hydrogens (primary N) is 1. The predicted octanol–water partition coefficient (Wildman–Crippen LogP) is 2.05. The van der Waals surface area contributed by atoms with Gasteiger partial charge in [-0.15, -0.1) is 0 Å². The second-order valence-corrected chi connectivity index (χ2v) is 2.15. The van der Waals surface area contributed by atoms with Crippen molar-refractivity contribution in [3.05, 3.63) is 29.6 Å². The lowest BCUT2D eigenvalue weighted by Crippen LogP contribution is -2.10. The van der Waals surface area contributed by atoms with E-state index in [4.69, 9.17) is 5.84 Å². The summed E-state index contributed by atoms with van der Waals surface area (Å²) in [5.74, 6) is 3.95. The van der Waals surface area contributed by atoms with Crippen LogP contribution in [0, 0.1) is 5.82 Å². The molecule has 1 aromatic rings. The summed E-state index contributed by atoms with van der Waals surface area (Å²) in [5.41, 5.74) is 1.21. The summed E-state index contributed by atoms with van der Waals surface area (Å²) in [4.78, 5) is 0. The lowest BCUT2D eigenvalue weighted by Gasteiger charge is -2.07. The van der Waals surface area contributed by atoms with Gasteiger partial charge < -0.3 is 5.43 Å². The van der Waals surface area contributed by atoms with E-state index in [-0.39, 0.29) is 5.69 Å². The summed E-state index contributed by atoms with van der Waals surface area (Å²) >= 11 is 0. The fraction of sp³-hybridized carbons (Fsp3) is 0.143. The molecule has 1 aromatic carbocycles. The number of nitrogens with one attached hydrogen (secondary N) is 1. The zero-order valence-corrected chi connectivity index (χ0v) is 6.02. The van der Waals surface area contributed by atoms with Crippen molar-refractivity contribution in [3.8, 4) is 0 Å². The van der Waals surface area contributed by atoms with Crippen molar-refractivity contribution < 1.29 is 13.2 Å². The second-order valence-electron chi connectivity index (χ2n) is 2.15. The fourth-order valence-electron chi connectivity index (χ4n) is 0.885. The third-order valence-electron chi connectivity index (χ3n) is 1.43. The molecule has 0 atom stereocenters. The summed E-state index contributed by atoms with van der Waals surface area (Å²) in [6.07, 6.45) is -2.86. The molecule has 0 radical (unpaired) electrons. The molecule has 0 heterocycles. The Morgan fingerprint density at radius 3 is 2.42 bits per heavy atom. The molecule has 0 bridgehead atoms. The Bertz CT molecular complexity index is 275. The summed E-state index contributed by atoms with van der Waals surface area (Å²) in [6, 6.07) is 3.54. The molecule has 0 spiro atoms. The maximum absolute atomic E-state index is 12.7. The van der Waals surface area contributed by atoms with Gasteiger partial charge in [-0.05, 0) is 12.1 Å². The molecule has 1 rings (SSSR count). The zero-order valence-electron chi connectivity index (χ0n) is 6.02. The Morgan fingerprint density at radius 1 is 1.33 bits per heavy atom. The van der Waals surface area contributed by atoms with Crippen molar-refractivity contribution in [2.75, 3.05) is 5.43 Å². The Kier molecular flexibility index (Phi) is 2.54. The van der Waals surface area contributed by atoms with E-state index in [1.54, 1.807) is 0 Å². The Hall–Kier alpha value is -1.23. The quantitative estimate of drug-likeness (QED) is 0.534. The molecule has 0 aliphatic carbocycles. The normalized spacial score (nSPS) is 10.4. The number of rotatable bonds is 2. The van der Waals surface area contributed by atoms with Crippen molar-refractivity contribution in [3.63, 3.8) is 0 Å².